The van der Waals surface area contributed by atoms with E-state index in [9.17, 15) is 14.7 Å². The van der Waals surface area contributed by atoms with Crippen molar-refractivity contribution in [1.82, 2.24) is 20.6 Å². The molecular weight excluding hydrogens is 596 g/mol. The van der Waals surface area contributed by atoms with Crippen molar-refractivity contribution in [2.75, 3.05) is 19.0 Å². The summed E-state index contributed by atoms with van der Waals surface area (Å²) in [4.78, 5) is 37.2. The van der Waals surface area contributed by atoms with E-state index in [0.717, 1.165) is 12.8 Å². The standard InChI is InChI=1S/C31H38Cl2FN5O4/c1-28(2)11-13-30(14-12-28)31(19-4-5-20(32)37-25(19)38-27(31)42)21(18-8-15-35-24(33)22(18)34)23(39-30)26(41)36-17-6-9-29(16-40,43-3)10-7-17/h4-5,8,15,17,21,23,39-40H,6-7,9-14,16H2,1-3H3,(H,36,41)(H,37,38,42)/t17?,21-,23?,29?,31+/m0/s1. The van der Waals surface area contributed by atoms with Crippen LogP contribution in [0.15, 0.2) is 24.4 Å². The van der Waals surface area contributed by atoms with Crippen LogP contribution in [-0.4, -0.2) is 63.8 Å². The summed E-state index contributed by atoms with van der Waals surface area (Å²) in [7, 11) is 1.59. The number of ether oxygens (including phenoxy) is 1. The third-order valence-electron chi connectivity index (χ3n) is 10.8. The monoisotopic (exact) mass is 633 g/mol. The number of halogens is 3. The summed E-state index contributed by atoms with van der Waals surface area (Å²) in [6, 6.07) is 3.80. The number of hydrogen-bond acceptors (Lipinski definition) is 7. The van der Waals surface area contributed by atoms with Gasteiger partial charge in [0, 0.05) is 36.4 Å². The molecule has 9 nitrogen and oxygen atoms in total. The second kappa shape index (κ2) is 10.9. The summed E-state index contributed by atoms with van der Waals surface area (Å²) in [6.45, 7) is 4.31. The Morgan fingerprint density at radius 2 is 1.84 bits per heavy atom. The van der Waals surface area contributed by atoms with Crippen LogP contribution >= 0.6 is 23.2 Å². The molecule has 2 aromatic rings. The maximum absolute atomic E-state index is 16.0. The van der Waals surface area contributed by atoms with E-state index >= 15 is 4.39 Å². The van der Waals surface area contributed by atoms with Crippen molar-refractivity contribution in [1.29, 1.82) is 0 Å². The van der Waals surface area contributed by atoms with E-state index in [1.165, 1.54) is 12.3 Å². The number of aromatic nitrogens is 2. The molecule has 2 aliphatic heterocycles. The summed E-state index contributed by atoms with van der Waals surface area (Å²) in [6.07, 6.45) is 6.60. The van der Waals surface area contributed by atoms with Crippen molar-refractivity contribution < 1.29 is 23.8 Å². The Labute approximate surface area is 260 Å². The van der Waals surface area contributed by atoms with Crippen LogP contribution in [0.4, 0.5) is 10.2 Å². The van der Waals surface area contributed by atoms with Gasteiger partial charge in [-0.1, -0.05) is 43.1 Å². The van der Waals surface area contributed by atoms with Gasteiger partial charge in [0.25, 0.3) is 0 Å². The molecule has 2 aromatic heterocycles. The lowest BCUT2D eigenvalue weighted by Gasteiger charge is -2.50. The van der Waals surface area contributed by atoms with Crippen molar-refractivity contribution in [3.63, 3.8) is 0 Å². The smallest absolute Gasteiger partial charge is 0.238 e. The molecule has 2 amide bonds. The van der Waals surface area contributed by atoms with Crippen molar-refractivity contribution in [3.05, 3.63) is 51.6 Å². The van der Waals surface area contributed by atoms with Crippen LogP contribution < -0.4 is 16.0 Å². The molecule has 0 radical (unpaired) electrons. The van der Waals surface area contributed by atoms with Crippen molar-refractivity contribution in [2.24, 2.45) is 5.41 Å². The lowest BCUT2D eigenvalue weighted by atomic mass is 9.53. The number of aliphatic hydroxyl groups is 1. The zero-order chi connectivity index (χ0) is 30.8. The van der Waals surface area contributed by atoms with Gasteiger partial charge in [0.15, 0.2) is 11.0 Å². The molecule has 4 N–H and O–H groups in total. The Hall–Kier alpha value is -2.37. The largest absolute Gasteiger partial charge is 0.393 e. The molecule has 4 aliphatic rings. The van der Waals surface area contributed by atoms with E-state index < -0.39 is 34.3 Å². The van der Waals surface area contributed by atoms with Crippen LogP contribution in [0, 0.1) is 11.2 Å². The minimum atomic E-state index is -1.38. The van der Waals surface area contributed by atoms with Gasteiger partial charge in [-0.2, -0.15) is 0 Å². The van der Waals surface area contributed by atoms with Gasteiger partial charge in [0.05, 0.1) is 18.2 Å². The molecular formula is C31H38Cl2FN5O4. The molecule has 2 saturated carbocycles. The van der Waals surface area contributed by atoms with Gasteiger partial charge in [-0.3, -0.25) is 14.9 Å². The summed E-state index contributed by atoms with van der Waals surface area (Å²) in [5, 5.41) is 19.6. The van der Waals surface area contributed by atoms with E-state index in [4.69, 9.17) is 27.9 Å². The quantitative estimate of drug-likeness (QED) is 0.353. The highest BCUT2D eigenvalue weighted by molar-refractivity contribution is 6.30. The number of amides is 2. The third kappa shape index (κ3) is 4.76. The van der Waals surface area contributed by atoms with Crippen molar-refractivity contribution in [3.8, 4) is 0 Å². The lowest BCUT2D eigenvalue weighted by Crippen LogP contribution is -2.61. The number of carbonyl (C=O) groups excluding carboxylic acids is 2. The fourth-order valence-electron chi connectivity index (χ4n) is 8.20. The number of carbonyl (C=O) groups is 2. The first kappa shape index (κ1) is 30.6. The van der Waals surface area contributed by atoms with E-state index in [0.29, 0.717) is 49.9 Å². The first-order valence-electron chi connectivity index (χ1n) is 14.9. The molecule has 2 aliphatic carbocycles. The summed E-state index contributed by atoms with van der Waals surface area (Å²) in [5.41, 5.74) is -2.10. The first-order valence-corrected chi connectivity index (χ1v) is 15.7. The molecule has 12 heteroatoms. The maximum Gasteiger partial charge on any atom is 0.238 e. The number of nitrogens with zero attached hydrogens (tertiary/aromatic N) is 2. The van der Waals surface area contributed by atoms with Gasteiger partial charge in [0.2, 0.25) is 11.8 Å². The number of methoxy groups -OCH3 is 1. The predicted octanol–water partition coefficient (Wildman–Crippen LogP) is 4.64. The van der Waals surface area contributed by atoms with Gasteiger partial charge < -0.3 is 20.5 Å². The van der Waals surface area contributed by atoms with Crippen LogP contribution in [0.2, 0.25) is 10.3 Å². The fourth-order valence-corrected chi connectivity index (χ4v) is 8.52. The number of rotatable bonds is 5. The number of fused-ring (bicyclic) bond motifs is 3. The molecule has 3 atom stereocenters. The van der Waals surface area contributed by atoms with E-state index in [2.05, 4.69) is 39.8 Å². The molecule has 1 saturated heterocycles. The zero-order valence-electron chi connectivity index (χ0n) is 24.6. The molecule has 6 rings (SSSR count). The SMILES string of the molecule is COC1(CO)CCC(NC(=O)C2NC3(CCC(C)(C)CC3)[C@@]3(C(=O)Nc4nc(Cl)ccc43)[C@H]2c2ccnc(Cl)c2F)CC1. The minimum Gasteiger partial charge on any atom is -0.393 e. The molecule has 43 heavy (non-hydrogen) atoms. The van der Waals surface area contributed by atoms with Crippen molar-refractivity contribution >= 4 is 40.8 Å². The van der Waals surface area contributed by atoms with Gasteiger partial charge in [-0.15, -0.1) is 0 Å². The van der Waals surface area contributed by atoms with Crippen LogP contribution in [0.5, 0.6) is 0 Å². The average Bonchev–Trinajstić information content (AvgIpc) is 3.44. The Bertz CT molecular complexity index is 1430. The Balaban J connectivity index is 1.48. The molecule has 232 valence electrons. The second-order valence-electron chi connectivity index (χ2n) is 13.5. The average molecular weight is 635 g/mol. The number of aliphatic hydroxyl groups excluding tert-OH is 1. The molecule has 1 unspecified atom stereocenters. The lowest BCUT2D eigenvalue weighted by molar-refractivity contribution is -0.125. The van der Waals surface area contributed by atoms with E-state index in [1.807, 2.05) is 0 Å². The number of hydrogen-bond donors (Lipinski definition) is 4. The fraction of sp³-hybridized carbons (Fsp3) is 0.613. The highest BCUT2D eigenvalue weighted by atomic mass is 35.5. The molecule has 3 fully saturated rings. The van der Waals surface area contributed by atoms with Gasteiger partial charge in [-0.05, 0) is 74.5 Å². The predicted molar refractivity (Wildman–Crippen MR) is 161 cm³/mol. The molecule has 4 heterocycles. The number of nitrogens with one attached hydrogen (secondary N) is 3. The molecule has 0 bridgehead atoms. The maximum atomic E-state index is 16.0. The highest BCUT2D eigenvalue weighted by Gasteiger charge is 2.73. The normalized spacial score (nSPS) is 32.5. The zero-order valence-corrected chi connectivity index (χ0v) is 26.1. The van der Waals surface area contributed by atoms with Crippen molar-refractivity contribution in [2.45, 2.75) is 99.8 Å². The Morgan fingerprint density at radius 1 is 1.14 bits per heavy atom. The molecule has 2 spiro atoms. The highest BCUT2D eigenvalue weighted by Crippen LogP contribution is 2.63. The van der Waals surface area contributed by atoms with E-state index in [-0.39, 0.29) is 45.7 Å². The molecule has 0 aromatic carbocycles. The second-order valence-corrected chi connectivity index (χ2v) is 14.2. The Kier molecular flexibility index (Phi) is 7.77. The minimum absolute atomic E-state index is 0.0357. The number of pyridine rings is 2. The van der Waals surface area contributed by atoms with Crippen LogP contribution in [0.3, 0.4) is 0 Å². The first-order chi connectivity index (χ1) is 20.4. The van der Waals surface area contributed by atoms with Crippen LogP contribution in [-0.2, 0) is 19.7 Å². The van der Waals surface area contributed by atoms with Gasteiger partial charge >= 0.3 is 0 Å². The van der Waals surface area contributed by atoms with Crippen LogP contribution in [0.25, 0.3) is 0 Å². The van der Waals surface area contributed by atoms with Gasteiger partial charge in [-0.25, -0.2) is 14.4 Å². The Morgan fingerprint density at radius 3 is 2.49 bits per heavy atom. The summed E-state index contributed by atoms with van der Waals surface area (Å²) in [5.74, 6) is -2.06. The topological polar surface area (TPSA) is 125 Å². The number of anilines is 1. The van der Waals surface area contributed by atoms with Crippen LogP contribution in [0.1, 0.15) is 82.3 Å². The summed E-state index contributed by atoms with van der Waals surface area (Å²) >= 11 is 12.5. The summed E-state index contributed by atoms with van der Waals surface area (Å²) < 4.78 is 21.6. The third-order valence-corrected chi connectivity index (χ3v) is 11.3. The van der Waals surface area contributed by atoms with Gasteiger partial charge in [0.1, 0.15) is 16.4 Å². The van der Waals surface area contributed by atoms with E-state index in [1.54, 1.807) is 19.2 Å².